The number of methoxy groups -OCH3 is 1. The highest BCUT2D eigenvalue weighted by atomic mass is 35.5. The van der Waals surface area contributed by atoms with Gasteiger partial charge in [0.05, 0.1) is 24.8 Å². The molecule has 0 fully saturated rings. The first-order valence-corrected chi connectivity index (χ1v) is 8.46. The summed E-state index contributed by atoms with van der Waals surface area (Å²) in [6, 6.07) is 9.97. The molecule has 0 aliphatic carbocycles. The second-order valence-electron chi connectivity index (χ2n) is 5.48. The van der Waals surface area contributed by atoms with Gasteiger partial charge in [-0.15, -0.1) is 0 Å². The maximum atomic E-state index is 12.1. The number of pyridine rings is 1. The highest BCUT2D eigenvalue weighted by molar-refractivity contribution is 6.29. The molecule has 0 bridgehead atoms. The van der Waals surface area contributed by atoms with Crippen molar-refractivity contribution in [3.8, 4) is 5.75 Å². The van der Waals surface area contributed by atoms with Crippen molar-refractivity contribution in [1.29, 1.82) is 0 Å². The van der Waals surface area contributed by atoms with Gasteiger partial charge in [-0.1, -0.05) is 28.9 Å². The van der Waals surface area contributed by atoms with E-state index in [9.17, 15) is 9.59 Å². The van der Waals surface area contributed by atoms with Gasteiger partial charge in [0.2, 0.25) is 5.91 Å². The van der Waals surface area contributed by atoms with Gasteiger partial charge < -0.3 is 19.3 Å². The van der Waals surface area contributed by atoms with Crippen molar-refractivity contribution < 1.29 is 23.6 Å². The van der Waals surface area contributed by atoms with Crippen LogP contribution >= 0.6 is 11.6 Å². The average Bonchev–Trinajstić information content (AvgIpc) is 3.14. The Morgan fingerprint density at radius 2 is 2.04 bits per heavy atom. The van der Waals surface area contributed by atoms with Crippen molar-refractivity contribution in [2.45, 2.75) is 13.0 Å². The second kappa shape index (κ2) is 8.96. The van der Waals surface area contributed by atoms with Gasteiger partial charge in [0.25, 0.3) is 5.89 Å². The Morgan fingerprint density at radius 1 is 1.21 bits per heavy atom. The number of carbonyl (C=O) groups is 2. The molecule has 9 nitrogen and oxygen atoms in total. The second-order valence-corrected chi connectivity index (χ2v) is 5.86. The molecule has 3 aromatic rings. The summed E-state index contributed by atoms with van der Waals surface area (Å²) in [6.45, 7) is -0.234. The monoisotopic (exact) mass is 402 g/mol. The molecule has 0 saturated heterocycles. The number of hydrogen-bond acceptors (Lipinski definition) is 8. The maximum absolute atomic E-state index is 12.1. The van der Waals surface area contributed by atoms with Gasteiger partial charge >= 0.3 is 5.97 Å². The molecule has 144 valence electrons. The van der Waals surface area contributed by atoms with Gasteiger partial charge in [0, 0.05) is 6.20 Å². The lowest BCUT2D eigenvalue weighted by molar-refractivity contribution is -0.115. The molecular weight excluding hydrogens is 388 g/mol. The van der Waals surface area contributed by atoms with Gasteiger partial charge in [-0.2, -0.15) is 4.98 Å². The van der Waals surface area contributed by atoms with E-state index < -0.39 is 5.97 Å². The molecule has 1 aromatic carbocycles. The van der Waals surface area contributed by atoms with E-state index in [1.807, 2.05) is 0 Å². The van der Waals surface area contributed by atoms with Crippen LogP contribution in [0, 0.1) is 0 Å². The number of esters is 1. The van der Waals surface area contributed by atoms with E-state index in [4.69, 9.17) is 25.6 Å². The molecule has 0 aliphatic heterocycles. The Bertz CT molecular complexity index is 974. The first kappa shape index (κ1) is 19.3. The number of halogens is 1. The summed E-state index contributed by atoms with van der Waals surface area (Å²) < 4.78 is 15.2. The van der Waals surface area contributed by atoms with Gasteiger partial charge in [0.15, 0.2) is 12.4 Å². The number of benzene rings is 1. The van der Waals surface area contributed by atoms with Crippen LogP contribution in [0.3, 0.4) is 0 Å². The number of ether oxygens (including phenoxy) is 2. The number of anilines is 1. The molecule has 0 atom stereocenters. The number of rotatable bonds is 7. The summed E-state index contributed by atoms with van der Waals surface area (Å²) in [6.07, 6.45) is 1.18. The predicted octanol–water partition coefficient (Wildman–Crippen LogP) is 2.66. The van der Waals surface area contributed by atoms with Crippen LogP contribution in [-0.2, 0) is 22.6 Å². The van der Waals surface area contributed by atoms with Gasteiger partial charge in [-0.3, -0.25) is 4.79 Å². The molecule has 1 N–H and O–H groups in total. The van der Waals surface area contributed by atoms with Crippen molar-refractivity contribution in [2.24, 2.45) is 0 Å². The van der Waals surface area contributed by atoms with Crippen LogP contribution in [0.15, 0.2) is 47.1 Å². The molecule has 2 aromatic heterocycles. The van der Waals surface area contributed by atoms with E-state index in [0.29, 0.717) is 11.4 Å². The van der Waals surface area contributed by atoms with E-state index in [-0.39, 0.29) is 41.4 Å². The van der Waals surface area contributed by atoms with Crippen LogP contribution in [-0.4, -0.2) is 34.1 Å². The fraction of sp³-hybridized carbons (Fsp3) is 0.167. The number of nitrogens with zero attached hydrogens (tertiary/aromatic N) is 3. The predicted molar refractivity (Wildman–Crippen MR) is 98.0 cm³/mol. The number of carbonyl (C=O) groups excluding carboxylic acids is 2. The normalized spacial score (nSPS) is 10.4. The summed E-state index contributed by atoms with van der Waals surface area (Å²) in [5.74, 6) is -0.200. The van der Waals surface area contributed by atoms with E-state index in [1.165, 1.54) is 25.4 Å². The lowest BCUT2D eigenvalue weighted by atomic mass is 10.2. The highest BCUT2D eigenvalue weighted by Crippen LogP contribution is 2.23. The molecular formula is C18H15ClN4O5. The fourth-order valence-corrected chi connectivity index (χ4v) is 2.33. The topological polar surface area (TPSA) is 116 Å². The Morgan fingerprint density at radius 3 is 2.79 bits per heavy atom. The number of para-hydroxylation sites is 2. The van der Waals surface area contributed by atoms with E-state index in [1.54, 1.807) is 24.3 Å². The zero-order chi connectivity index (χ0) is 19.9. The highest BCUT2D eigenvalue weighted by Gasteiger charge is 2.15. The van der Waals surface area contributed by atoms with Crippen molar-refractivity contribution in [2.75, 3.05) is 12.4 Å². The van der Waals surface area contributed by atoms with Crippen molar-refractivity contribution in [3.63, 3.8) is 0 Å². The number of nitrogens with one attached hydrogen (secondary N) is 1. The molecule has 28 heavy (non-hydrogen) atoms. The zero-order valence-electron chi connectivity index (χ0n) is 14.7. The van der Waals surface area contributed by atoms with Crippen LogP contribution in [0.5, 0.6) is 5.75 Å². The molecule has 0 saturated carbocycles. The zero-order valence-corrected chi connectivity index (χ0v) is 15.5. The summed E-state index contributed by atoms with van der Waals surface area (Å²) in [4.78, 5) is 31.9. The van der Waals surface area contributed by atoms with Gasteiger partial charge in [-0.25, -0.2) is 9.78 Å². The van der Waals surface area contributed by atoms with Crippen LogP contribution < -0.4 is 10.1 Å². The van der Waals surface area contributed by atoms with E-state index in [0.717, 1.165) is 0 Å². The molecule has 0 radical (unpaired) electrons. The molecule has 0 aliphatic rings. The molecule has 1 amide bonds. The molecule has 10 heteroatoms. The summed E-state index contributed by atoms with van der Waals surface area (Å²) >= 11 is 5.67. The van der Waals surface area contributed by atoms with Crippen molar-refractivity contribution in [1.82, 2.24) is 15.1 Å². The van der Waals surface area contributed by atoms with Crippen LogP contribution in [0.25, 0.3) is 0 Å². The third-order valence-corrected chi connectivity index (χ3v) is 3.72. The van der Waals surface area contributed by atoms with E-state index in [2.05, 4.69) is 20.4 Å². The first-order chi connectivity index (χ1) is 13.5. The Hall–Kier alpha value is -3.46. The van der Waals surface area contributed by atoms with Crippen molar-refractivity contribution >= 4 is 29.2 Å². The Labute approximate surface area is 164 Å². The third kappa shape index (κ3) is 5.04. The molecule has 0 unspecified atom stereocenters. The molecule has 2 heterocycles. The third-order valence-electron chi connectivity index (χ3n) is 3.50. The Kier molecular flexibility index (Phi) is 6.18. The number of amides is 1. The van der Waals surface area contributed by atoms with Crippen molar-refractivity contribution in [3.05, 3.63) is 65.0 Å². The Balaban J connectivity index is 1.53. The van der Waals surface area contributed by atoms with Crippen LogP contribution in [0.2, 0.25) is 5.15 Å². The van der Waals surface area contributed by atoms with Gasteiger partial charge in [-0.05, 0) is 24.3 Å². The largest absolute Gasteiger partial charge is 0.495 e. The molecule has 3 rings (SSSR count). The quantitative estimate of drug-likeness (QED) is 0.473. The lowest BCUT2D eigenvalue weighted by Crippen LogP contribution is -2.15. The van der Waals surface area contributed by atoms with Gasteiger partial charge in [0.1, 0.15) is 10.9 Å². The standard InChI is InChI=1S/C18H15ClN4O5/c1-26-13-5-3-2-4-12(13)21-16(24)8-15-22-17(28-23-15)10-27-18(25)11-6-7-14(19)20-9-11/h2-7,9H,8,10H2,1H3,(H,21,24). The minimum atomic E-state index is -0.613. The lowest BCUT2D eigenvalue weighted by Gasteiger charge is -2.08. The number of aromatic nitrogens is 3. The molecule has 0 spiro atoms. The smallest absolute Gasteiger partial charge is 0.340 e. The maximum Gasteiger partial charge on any atom is 0.340 e. The average molecular weight is 403 g/mol. The van der Waals surface area contributed by atoms with Crippen LogP contribution in [0.4, 0.5) is 5.69 Å². The van der Waals surface area contributed by atoms with Crippen LogP contribution in [0.1, 0.15) is 22.1 Å². The summed E-state index contributed by atoms with van der Waals surface area (Å²) in [7, 11) is 1.51. The summed E-state index contributed by atoms with van der Waals surface area (Å²) in [5.41, 5.74) is 0.768. The fourth-order valence-electron chi connectivity index (χ4n) is 2.21. The minimum absolute atomic E-state index is 0.0652. The van der Waals surface area contributed by atoms with E-state index >= 15 is 0 Å². The first-order valence-electron chi connectivity index (χ1n) is 8.08. The number of hydrogen-bond donors (Lipinski definition) is 1. The summed E-state index contributed by atoms with van der Waals surface area (Å²) in [5, 5.41) is 6.68. The SMILES string of the molecule is COc1ccccc1NC(=O)Cc1noc(COC(=O)c2ccc(Cl)nc2)n1. The minimum Gasteiger partial charge on any atom is -0.495 e.